The van der Waals surface area contributed by atoms with Gasteiger partial charge in [-0.1, -0.05) is 18.2 Å². The number of hydrogen-bond donors (Lipinski definition) is 0. The van der Waals surface area contributed by atoms with E-state index in [-0.39, 0.29) is 5.46 Å². The molecule has 0 saturated heterocycles. The number of halogens is 2. The van der Waals surface area contributed by atoms with E-state index in [0.717, 1.165) is 5.52 Å². The Labute approximate surface area is 75.1 Å². The lowest BCUT2D eigenvalue weighted by Gasteiger charge is -1.93. The van der Waals surface area contributed by atoms with Crippen LogP contribution >= 0.6 is 0 Å². The first-order chi connectivity index (χ1) is 6.20. The number of nitrogens with zero attached hydrogens (tertiary/aromatic N) is 1. The van der Waals surface area contributed by atoms with Crippen LogP contribution in [0.3, 0.4) is 0 Å². The van der Waals surface area contributed by atoms with E-state index in [9.17, 15) is 8.63 Å². The zero-order valence-corrected chi connectivity index (χ0v) is 7.17. The van der Waals surface area contributed by atoms with Crippen molar-refractivity contribution in [3.63, 3.8) is 0 Å². The van der Waals surface area contributed by atoms with Gasteiger partial charge < -0.3 is 4.57 Å². The van der Waals surface area contributed by atoms with Gasteiger partial charge in [0.2, 0.25) is 0 Å². The van der Waals surface area contributed by atoms with Crippen molar-refractivity contribution in [3.8, 4) is 0 Å². The SMILES string of the molecule is Cn1cc(B(F)F)c2ccccc21. The van der Waals surface area contributed by atoms with E-state index >= 15 is 0 Å². The first kappa shape index (κ1) is 8.29. The quantitative estimate of drug-likeness (QED) is 0.588. The molecule has 13 heavy (non-hydrogen) atoms. The second-order valence-corrected chi connectivity index (χ2v) is 3.01. The fourth-order valence-electron chi connectivity index (χ4n) is 1.55. The number of para-hydroxylation sites is 1. The Balaban J connectivity index is 2.78. The van der Waals surface area contributed by atoms with Crippen molar-refractivity contribution < 1.29 is 8.63 Å². The highest BCUT2D eigenvalue weighted by Gasteiger charge is 2.21. The highest BCUT2D eigenvalue weighted by Crippen LogP contribution is 2.13. The van der Waals surface area contributed by atoms with Crippen LogP contribution in [0.15, 0.2) is 30.5 Å². The van der Waals surface area contributed by atoms with Crippen LogP contribution in [-0.4, -0.2) is 11.8 Å². The number of aromatic nitrogens is 1. The second kappa shape index (κ2) is 2.87. The lowest BCUT2D eigenvalue weighted by atomic mass is 9.86. The molecule has 0 aliphatic heterocycles. The van der Waals surface area contributed by atoms with Crippen LogP contribution in [0.4, 0.5) is 8.63 Å². The zero-order chi connectivity index (χ0) is 9.42. The van der Waals surface area contributed by atoms with Gasteiger partial charge in [-0.2, -0.15) is 0 Å². The summed E-state index contributed by atoms with van der Waals surface area (Å²) in [7, 11) is -0.625. The van der Waals surface area contributed by atoms with E-state index in [0.29, 0.717) is 5.39 Å². The highest BCUT2D eigenvalue weighted by molar-refractivity contribution is 6.63. The summed E-state index contributed by atoms with van der Waals surface area (Å²) in [5.74, 6) is 0. The molecule has 4 heteroatoms. The summed E-state index contributed by atoms with van der Waals surface area (Å²) in [4.78, 5) is 0. The molecular weight excluding hydrogens is 171 g/mol. The third-order valence-electron chi connectivity index (χ3n) is 2.16. The van der Waals surface area contributed by atoms with Crippen LogP contribution in [0.2, 0.25) is 0 Å². The molecule has 0 aliphatic carbocycles. The summed E-state index contributed by atoms with van der Waals surface area (Å²) in [6.45, 7) is 0. The van der Waals surface area contributed by atoms with E-state index in [1.807, 2.05) is 12.1 Å². The molecule has 1 heterocycles. The molecule has 1 aromatic heterocycles. The van der Waals surface area contributed by atoms with Crippen molar-refractivity contribution in [2.24, 2.45) is 7.05 Å². The molecule has 1 nitrogen and oxygen atoms in total. The Morgan fingerprint density at radius 1 is 1.23 bits per heavy atom. The summed E-state index contributed by atoms with van der Waals surface area (Å²) < 4.78 is 26.7. The third kappa shape index (κ3) is 1.22. The smallest absolute Gasteiger partial charge is 0.351 e. The Kier molecular flexibility index (Phi) is 1.83. The average Bonchev–Trinajstić information content (AvgIpc) is 2.45. The molecule has 2 aromatic rings. The second-order valence-electron chi connectivity index (χ2n) is 3.01. The number of rotatable bonds is 1. The fourth-order valence-corrected chi connectivity index (χ4v) is 1.55. The topological polar surface area (TPSA) is 4.93 Å². The monoisotopic (exact) mass is 179 g/mol. The van der Waals surface area contributed by atoms with Gasteiger partial charge in [0.1, 0.15) is 0 Å². The van der Waals surface area contributed by atoms with Gasteiger partial charge in [0.25, 0.3) is 0 Å². The summed E-state index contributed by atoms with van der Waals surface area (Å²) in [6.07, 6.45) is 1.48. The number of benzene rings is 1. The van der Waals surface area contributed by atoms with E-state index in [2.05, 4.69) is 0 Å². The molecule has 0 atom stereocenters. The average molecular weight is 179 g/mol. The molecule has 0 amide bonds. The molecule has 0 bridgehead atoms. The van der Waals surface area contributed by atoms with Crippen molar-refractivity contribution in [3.05, 3.63) is 30.5 Å². The van der Waals surface area contributed by atoms with Crippen LogP contribution in [0, 0.1) is 0 Å². The van der Waals surface area contributed by atoms with Gasteiger partial charge in [-0.05, 0) is 11.5 Å². The Morgan fingerprint density at radius 2 is 1.92 bits per heavy atom. The highest BCUT2D eigenvalue weighted by atomic mass is 19.2. The van der Waals surface area contributed by atoms with Crippen molar-refractivity contribution in [2.75, 3.05) is 0 Å². The van der Waals surface area contributed by atoms with Crippen LogP contribution in [0.1, 0.15) is 0 Å². The summed E-state index contributed by atoms with van der Waals surface area (Å²) in [5, 5.41) is 0.639. The van der Waals surface area contributed by atoms with Gasteiger partial charge in [0, 0.05) is 24.2 Å². The molecular formula is C9H8BF2N. The Bertz CT molecular complexity index is 436. The standard InChI is InChI=1S/C9H8BF2N/c1-13-6-8(10(11)12)7-4-2-3-5-9(7)13/h2-6H,1H3. The predicted molar refractivity (Wildman–Crippen MR) is 50.5 cm³/mol. The summed E-state index contributed by atoms with van der Waals surface area (Å²) in [6, 6.07) is 7.17. The van der Waals surface area contributed by atoms with Gasteiger partial charge in [0.05, 0.1) is 0 Å². The minimum absolute atomic E-state index is 0.109. The van der Waals surface area contributed by atoms with Gasteiger partial charge in [-0.3, -0.25) is 8.63 Å². The molecule has 0 aliphatic rings. The normalized spacial score (nSPS) is 10.7. The molecule has 2 rings (SSSR count). The first-order valence-corrected chi connectivity index (χ1v) is 4.02. The van der Waals surface area contributed by atoms with Crippen molar-refractivity contribution in [2.45, 2.75) is 0 Å². The largest absolute Gasteiger partial charge is 0.574 e. The van der Waals surface area contributed by atoms with E-state index in [4.69, 9.17) is 0 Å². The third-order valence-corrected chi connectivity index (χ3v) is 2.16. The predicted octanol–water partition coefficient (Wildman–Crippen LogP) is 1.81. The molecule has 1 aromatic carbocycles. The van der Waals surface area contributed by atoms with Gasteiger partial charge in [0.15, 0.2) is 0 Å². The maximum atomic E-state index is 12.5. The van der Waals surface area contributed by atoms with Crippen LogP contribution in [0.25, 0.3) is 10.9 Å². The number of fused-ring (bicyclic) bond motifs is 1. The van der Waals surface area contributed by atoms with Crippen molar-refractivity contribution in [1.82, 2.24) is 4.57 Å². The molecule has 0 unspecified atom stereocenters. The zero-order valence-electron chi connectivity index (χ0n) is 7.17. The molecule has 0 fully saturated rings. The first-order valence-electron chi connectivity index (χ1n) is 4.02. The van der Waals surface area contributed by atoms with E-state index in [1.165, 1.54) is 6.20 Å². The molecule has 66 valence electrons. The summed E-state index contributed by atoms with van der Waals surface area (Å²) in [5.41, 5.74) is 0.955. The number of hydrogen-bond acceptors (Lipinski definition) is 0. The maximum absolute atomic E-state index is 12.5. The van der Waals surface area contributed by atoms with E-state index in [1.54, 1.807) is 23.7 Å². The van der Waals surface area contributed by atoms with Crippen molar-refractivity contribution >= 4 is 23.6 Å². The van der Waals surface area contributed by atoms with Crippen molar-refractivity contribution in [1.29, 1.82) is 0 Å². The van der Waals surface area contributed by atoms with Crippen LogP contribution in [-0.2, 0) is 7.05 Å². The lowest BCUT2D eigenvalue weighted by molar-refractivity contribution is 0.685. The Hall–Kier alpha value is -1.32. The summed E-state index contributed by atoms with van der Waals surface area (Å²) >= 11 is 0. The Morgan fingerprint density at radius 3 is 2.62 bits per heavy atom. The molecule has 0 radical (unpaired) electrons. The molecule has 0 spiro atoms. The fraction of sp³-hybridized carbons (Fsp3) is 0.111. The van der Waals surface area contributed by atoms with Gasteiger partial charge in [-0.15, -0.1) is 0 Å². The van der Waals surface area contributed by atoms with Crippen LogP contribution < -0.4 is 5.46 Å². The molecule has 0 saturated carbocycles. The van der Waals surface area contributed by atoms with Gasteiger partial charge >= 0.3 is 7.27 Å². The van der Waals surface area contributed by atoms with Crippen LogP contribution in [0.5, 0.6) is 0 Å². The minimum atomic E-state index is -2.40. The number of aryl methyl sites for hydroxylation is 1. The lowest BCUT2D eigenvalue weighted by Crippen LogP contribution is -2.18. The minimum Gasteiger partial charge on any atom is -0.351 e. The maximum Gasteiger partial charge on any atom is 0.574 e. The van der Waals surface area contributed by atoms with E-state index < -0.39 is 7.27 Å². The van der Waals surface area contributed by atoms with Gasteiger partial charge in [-0.25, -0.2) is 0 Å². The molecule has 0 N–H and O–H groups in total.